The predicted molar refractivity (Wildman–Crippen MR) is 120 cm³/mol. The van der Waals surface area contributed by atoms with Gasteiger partial charge in [0.2, 0.25) is 0 Å². The van der Waals surface area contributed by atoms with Crippen LogP contribution >= 0.6 is 23.2 Å². The van der Waals surface area contributed by atoms with Crippen LogP contribution in [0.1, 0.15) is 81.8 Å². The molecule has 1 aromatic carbocycles. The van der Waals surface area contributed by atoms with Crippen molar-refractivity contribution in [2.75, 3.05) is 0 Å². The van der Waals surface area contributed by atoms with Crippen LogP contribution in [0.15, 0.2) is 40.9 Å². The lowest BCUT2D eigenvalue weighted by atomic mass is 9.77. The lowest BCUT2D eigenvalue weighted by Crippen LogP contribution is -2.37. The second-order valence-electron chi connectivity index (χ2n) is 8.60. The monoisotopic (exact) mass is 441 g/mol. The van der Waals surface area contributed by atoms with E-state index in [1.807, 2.05) is 0 Å². The Hall–Kier alpha value is -0.930. The lowest BCUT2D eigenvalue weighted by molar-refractivity contribution is 0.136. The molecule has 0 bridgehead atoms. The topological polar surface area (TPSA) is 12.4 Å². The summed E-state index contributed by atoms with van der Waals surface area (Å²) in [5.41, 5.74) is 3.15. The van der Waals surface area contributed by atoms with Gasteiger partial charge in [-0.3, -0.25) is 0 Å². The summed E-state index contributed by atoms with van der Waals surface area (Å²) >= 11 is 10.9. The number of aryl methyl sites for hydroxylation is 1. The average molecular weight is 442 g/mol. The zero-order valence-electron chi connectivity index (χ0n) is 17.1. The Labute approximate surface area is 183 Å². The van der Waals surface area contributed by atoms with Gasteiger partial charge in [-0.25, -0.2) is 9.38 Å². The molecule has 0 aromatic heterocycles. The molecule has 29 heavy (non-hydrogen) atoms. The quantitative estimate of drug-likeness (QED) is 0.218. The van der Waals surface area contributed by atoms with Crippen molar-refractivity contribution in [1.29, 1.82) is 0 Å². The summed E-state index contributed by atoms with van der Waals surface area (Å²) < 4.78 is 27.8. The molecular formula is C24H31Cl2F2N. The van der Waals surface area contributed by atoms with Crippen molar-refractivity contribution >= 4 is 29.4 Å². The van der Waals surface area contributed by atoms with Crippen LogP contribution in [0.25, 0.3) is 0 Å². The maximum Gasteiger partial charge on any atom is 0.327 e. The Morgan fingerprint density at radius 3 is 2.31 bits per heavy atom. The fourth-order valence-electron chi connectivity index (χ4n) is 4.46. The largest absolute Gasteiger partial charge is 0.327 e. The molecule has 2 unspecified atom stereocenters. The first-order chi connectivity index (χ1) is 13.8. The number of rotatable bonds is 8. The van der Waals surface area contributed by atoms with E-state index in [0.717, 1.165) is 18.4 Å². The van der Waals surface area contributed by atoms with E-state index in [1.165, 1.54) is 68.7 Å². The van der Waals surface area contributed by atoms with E-state index >= 15 is 0 Å². The standard InChI is InChI=1S/C24H31Cl2F2N/c1-2-3-4-5-18-8-12-21(13-9-18)22-14-10-19(11-15-22)6-7-20-16-23(25,27)24(26,28)29-17-20/h10-11,14-18,21H,2-9,12-13H2,1H3. The normalized spacial score (nSPS) is 32.2. The molecule has 0 radical (unpaired) electrons. The van der Waals surface area contributed by atoms with Crippen LogP contribution in [-0.2, 0) is 6.42 Å². The van der Waals surface area contributed by atoms with Gasteiger partial charge in [-0.2, -0.15) is 4.39 Å². The van der Waals surface area contributed by atoms with Gasteiger partial charge in [0.1, 0.15) is 0 Å². The molecule has 1 aromatic rings. The molecule has 2 atom stereocenters. The molecule has 0 amide bonds. The highest BCUT2D eigenvalue weighted by molar-refractivity contribution is 6.34. The van der Waals surface area contributed by atoms with E-state index in [9.17, 15) is 8.78 Å². The van der Waals surface area contributed by atoms with Gasteiger partial charge in [0, 0.05) is 6.21 Å². The Balaban J connectivity index is 1.48. The van der Waals surface area contributed by atoms with Gasteiger partial charge in [-0.15, -0.1) is 0 Å². The van der Waals surface area contributed by atoms with Crippen molar-refractivity contribution in [2.45, 2.75) is 87.4 Å². The Morgan fingerprint density at radius 1 is 1.00 bits per heavy atom. The summed E-state index contributed by atoms with van der Waals surface area (Å²) in [7, 11) is 0. The number of benzene rings is 1. The smallest absolute Gasteiger partial charge is 0.235 e. The number of allylic oxidation sites excluding steroid dienone is 1. The second kappa shape index (κ2) is 9.92. The summed E-state index contributed by atoms with van der Waals surface area (Å²) in [6.45, 7) is 2.26. The third kappa shape index (κ3) is 6.04. The molecule has 1 fully saturated rings. The number of alkyl halides is 4. The third-order valence-electron chi connectivity index (χ3n) is 6.38. The van der Waals surface area contributed by atoms with Crippen molar-refractivity contribution in [2.24, 2.45) is 10.9 Å². The molecule has 5 heteroatoms. The number of unbranched alkanes of at least 4 members (excludes halogenated alkanes) is 2. The maximum absolute atomic E-state index is 14.1. The zero-order chi connectivity index (χ0) is 20.9. The van der Waals surface area contributed by atoms with Crippen molar-refractivity contribution in [3.05, 3.63) is 47.0 Å². The van der Waals surface area contributed by atoms with Crippen molar-refractivity contribution in [1.82, 2.24) is 0 Å². The maximum atomic E-state index is 14.1. The number of nitrogens with zero attached hydrogens (tertiary/aromatic N) is 1. The molecule has 1 aliphatic carbocycles. The molecular weight excluding hydrogens is 411 g/mol. The Morgan fingerprint density at radius 2 is 1.69 bits per heavy atom. The van der Waals surface area contributed by atoms with Crippen molar-refractivity contribution < 1.29 is 8.78 Å². The fraction of sp³-hybridized carbons (Fsp3) is 0.625. The van der Waals surface area contributed by atoms with Crippen LogP contribution in [-0.4, -0.2) is 16.6 Å². The summed E-state index contributed by atoms with van der Waals surface area (Å²) in [6, 6.07) is 8.75. The van der Waals surface area contributed by atoms with Gasteiger partial charge in [-0.05, 0) is 73.1 Å². The van der Waals surface area contributed by atoms with Crippen molar-refractivity contribution in [3.63, 3.8) is 0 Å². The number of dihydropyridines is 1. The third-order valence-corrected chi connectivity index (χ3v) is 7.21. The molecule has 0 spiro atoms. The first kappa shape index (κ1) is 22.7. The highest BCUT2D eigenvalue weighted by Gasteiger charge is 2.51. The van der Waals surface area contributed by atoms with Gasteiger partial charge in [0.15, 0.2) is 0 Å². The van der Waals surface area contributed by atoms with Gasteiger partial charge >= 0.3 is 5.25 Å². The van der Waals surface area contributed by atoms with Crippen LogP contribution in [0.2, 0.25) is 0 Å². The minimum absolute atomic E-state index is 0.539. The van der Waals surface area contributed by atoms with E-state index in [-0.39, 0.29) is 0 Å². The highest BCUT2D eigenvalue weighted by atomic mass is 35.5. The SMILES string of the molecule is CCCCCC1CCC(c2ccc(CCC3=CC(F)(Cl)C(F)(Cl)N=C3)cc2)CC1. The molecule has 1 heterocycles. The fourth-order valence-corrected chi connectivity index (χ4v) is 4.75. The molecule has 1 saturated carbocycles. The summed E-state index contributed by atoms with van der Waals surface area (Å²) in [6.07, 6.45) is 14.3. The molecule has 160 valence electrons. The molecule has 0 saturated heterocycles. The van der Waals surface area contributed by atoms with Gasteiger partial charge in [0.25, 0.3) is 5.13 Å². The number of halogens is 4. The van der Waals surface area contributed by atoms with Crippen LogP contribution < -0.4 is 0 Å². The number of hydrogen-bond donors (Lipinski definition) is 0. The predicted octanol–water partition coefficient (Wildman–Crippen LogP) is 8.25. The van der Waals surface area contributed by atoms with E-state index in [1.54, 1.807) is 0 Å². The Bertz CT molecular complexity index is 717. The van der Waals surface area contributed by atoms with Crippen LogP contribution in [0.4, 0.5) is 8.78 Å². The molecule has 1 nitrogen and oxygen atoms in total. The van der Waals surface area contributed by atoms with E-state index in [2.05, 4.69) is 36.2 Å². The lowest BCUT2D eigenvalue weighted by Gasteiger charge is -2.29. The second-order valence-corrected chi connectivity index (χ2v) is 9.65. The summed E-state index contributed by atoms with van der Waals surface area (Å²) in [5.74, 6) is 1.59. The van der Waals surface area contributed by atoms with E-state index in [4.69, 9.17) is 23.2 Å². The average Bonchev–Trinajstić information content (AvgIpc) is 2.70. The molecule has 0 N–H and O–H groups in total. The van der Waals surface area contributed by atoms with E-state index in [0.29, 0.717) is 17.9 Å². The molecule has 2 aliphatic rings. The molecule has 1 aliphatic heterocycles. The first-order valence-corrected chi connectivity index (χ1v) is 11.7. The van der Waals surface area contributed by atoms with Crippen LogP contribution in [0.5, 0.6) is 0 Å². The summed E-state index contributed by atoms with van der Waals surface area (Å²) in [4.78, 5) is 3.41. The van der Waals surface area contributed by atoms with Crippen LogP contribution in [0, 0.1) is 5.92 Å². The number of hydrogen-bond acceptors (Lipinski definition) is 1. The van der Waals surface area contributed by atoms with Crippen LogP contribution in [0.3, 0.4) is 0 Å². The molecule has 3 rings (SSSR count). The summed E-state index contributed by atoms with van der Waals surface area (Å²) in [5, 5.41) is -5.74. The Kier molecular flexibility index (Phi) is 7.78. The van der Waals surface area contributed by atoms with Crippen molar-refractivity contribution in [3.8, 4) is 0 Å². The van der Waals surface area contributed by atoms with E-state index < -0.39 is 10.4 Å². The minimum atomic E-state index is -2.94. The van der Waals surface area contributed by atoms with Gasteiger partial charge in [0.05, 0.1) is 0 Å². The zero-order valence-corrected chi connectivity index (χ0v) is 18.7. The number of aliphatic imine (C=N–C) groups is 1. The highest BCUT2D eigenvalue weighted by Crippen LogP contribution is 2.43. The van der Waals surface area contributed by atoms with Gasteiger partial charge in [-0.1, -0.05) is 80.1 Å². The first-order valence-electron chi connectivity index (χ1n) is 10.9. The minimum Gasteiger partial charge on any atom is -0.235 e. The van der Waals surface area contributed by atoms with Gasteiger partial charge < -0.3 is 0 Å².